The number of benzene rings is 2. The van der Waals surface area contributed by atoms with E-state index in [2.05, 4.69) is 43.7 Å². The molecule has 0 N–H and O–H groups in total. The Kier molecular flexibility index (Phi) is 5.61. The van der Waals surface area contributed by atoms with E-state index in [-0.39, 0.29) is 0 Å². The first-order valence-electron chi connectivity index (χ1n) is 8.62. The van der Waals surface area contributed by atoms with Crippen molar-refractivity contribution in [2.45, 2.75) is 44.9 Å². The van der Waals surface area contributed by atoms with Crippen LogP contribution in [0.1, 0.15) is 50.5 Å². The summed E-state index contributed by atoms with van der Waals surface area (Å²) in [4.78, 5) is 0. The molecule has 0 atom stereocenters. The van der Waals surface area contributed by atoms with E-state index in [0.29, 0.717) is 11.6 Å². The molecule has 1 fully saturated rings. The summed E-state index contributed by atoms with van der Waals surface area (Å²) in [5.74, 6) is 1.50. The zero-order chi connectivity index (χ0) is 16.1. The summed E-state index contributed by atoms with van der Waals surface area (Å²) in [6.07, 6.45) is 8.47. The quantitative estimate of drug-likeness (QED) is 0.596. The van der Waals surface area contributed by atoms with Crippen molar-refractivity contribution in [2.24, 2.45) is 0 Å². The Labute approximate surface area is 144 Å². The Morgan fingerprint density at radius 3 is 2.35 bits per heavy atom. The molecule has 2 heteroatoms. The summed E-state index contributed by atoms with van der Waals surface area (Å²) in [6, 6.07) is 15.0. The summed E-state index contributed by atoms with van der Waals surface area (Å²) in [5, 5.41) is 0.683. The maximum Gasteiger partial charge on any atom is 0.137 e. The van der Waals surface area contributed by atoms with E-state index in [1.807, 2.05) is 12.1 Å². The molecule has 0 bridgehead atoms. The van der Waals surface area contributed by atoms with Gasteiger partial charge in [0.2, 0.25) is 0 Å². The summed E-state index contributed by atoms with van der Waals surface area (Å²) in [7, 11) is 0. The summed E-state index contributed by atoms with van der Waals surface area (Å²) in [5.41, 5.74) is 3.82. The van der Waals surface area contributed by atoms with Crippen molar-refractivity contribution in [3.05, 3.63) is 59.5 Å². The molecule has 121 valence electrons. The lowest BCUT2D eigenvalue weighted by Gasteiger charge is -2.22. The van der Waals surface area contributed by atoms with E-state index in [0.717, 1.165) is 23.7 Å². The van der Waals surface area contributed by atoms with E-state index < -0.39 is 0 Å². The lowest BCUT2D eigenvalue weighted by molar-refractivity contribution is 0.317. The molecule has 1 aliphatic rings. The Balaban J connectivity index is 1.75. The third-order valence-corrected chi connectivity index (χ3v) is 4.84. The maximum atomic E-state index is 6.34. The fraction of sp³-hybridized carbons (Fsp3) is 0.381. The lowest BCUT2D eigenvalue weighted by Crippen LogP contribution is -2.04. The molecular formula is C21H24ClO. The average Bonchev–Trinajstić information content (AvgIpc) is 2.61. The monoisotopic (exact) mass is 327 g/mol. The highest BCUT2D eigenvalue weighted by molar-refractivity contribution is 6.32. The van der Waals surface area contributed by atoms with Crippen molar-refractivity contribution in [2.75, 3.05) is 6.61 Å². The van der Waals surface area contributed by atoms with Crippen molar-refractivity contribution in [1.82, 2.24) is 0 Å². The number of rotatable bonds is 5. The molecule has 0 unspecified atom stereocenters. The van der Waals surface area contributed by atoms with Crippen LogP contribution in [0.15, 0.2) is 42.5 Å². The minimum atomic E-state index is 0.683. The van der Waals surface area contributed by atoms with Gasteiger partial charge in [-0.2, -0.15) is 0 Å². The fourth-order valence-electron chi connectivity index (χ4n) is 3.22. The van der Waals surface area contributed by atoms with Crippen LogP contribution in [-0.4, -0.2) is 6.61 Å². The SMILES string of the molecule is CCCOc1ccc(-c2ccc(C3CC[CH]CC3)cc2)cc1Cl. The smallest absolute Gasteiger partial charge is 0.137 e. The molecule has 0 aliphatic heterocycles. The van der Waals surface area contributed by atoms with Crippen LogP contribution in [0.25, 0.3) is 11.1 Å². The Hall–Kier alpha value is -1.47. The molecule has 0 heterocycles. The van der Waals surface area contributed by atoms with Gasteiger partial charge in [0, 0.05) is 0 Å². The highest BCUT2D eigenvalue weighted by Crippen LogP contribution is 2.34. The van der Waals surface area contributed by atoms with Crippen LogP contribution in [0.3, 0.4) is 0 Å². The third kappa shape index (κ3) is 4.09. The molecule has 2 aromatic carbocycles. The second-order valence-corrected chi connectivity index (χ2v) is 6.66. The van der Waals surface area contributed by atoms with Crippen LogP contribution < -0.4 is 4.74 Å². The van der Waals surface area contributed by atoms with Gasteiger partial charge in [0.15, 0.2) is 0 Å². The molecule has 3 rings (SSSR count). The lowest BCUT2D eigenvalue weighted by atomic mass is 9.84. The third-order valence-electron chi connectivity index (χ3n) is 4.55. The van der Waals surface area contributed by atoms with Gasteiger partial charge >= 0.3 is 0 Å². The van der Waals surface area contributed by atoms with Gasteiger partial charge < -0.3 is 4.74 Å². The molecule has 1 radical (unpaired) electrons. The van der Waals surface area contributed by atoms with E-state index in [4.69, 9.17) is 16.3 Å². The van der Waals surface area contributed by atoms with Gasteiger partial charge in [-0.05, 0) is 73.3 Å². The van der Waals surface area contributed by atoms with Crippen LogP contribution in [-0.2, 0) is 0 Å². The maximum absolute atomic E-state index is 6.34. The second-order valence-electron chi connectivity index (χ2n) is 6.26. The predicted molar refractivity (Wildman–Crippen MR) is 98.2 cm³/mol. The molecule has 1 nitrogen and oxygen atoms in total. The number of hydrogen-bond donors (Lipinski definition) is 0. The minimum absolute atomic E-state index is 0.683. The predicted octanol–water partition coefficient (Wildman–Crippen LogP) is 6.66. The van der Waals surface area contributed by atoms with Gasteiger partial charge in [0.05, 0.1) is 11.6 Å². The van der Waals surface area contributed by atoms with Crippen LogP contribution in [0.2, 0.25) is 5.02 Å². The van der Waals surface area contributed by atoms with Crippen molar-refractivity contribution in [1.29, 1.82) is 0 Å². The Morgan fingerprint density at radius 1 is 1.00 bits per heavy atom. The molecule has 0 amide bonds. The highest BCUT2D eigenvalue weighted by Gasteiger charge is 2.15. The number of hydrogen-bond acceptors (Lipinski definition) is 1. The van der Waals surface area contributed by atoms with Gasteiger partial charge in [-0.25, -0.2) is 0 Å². The largest absolute Gasteiger partial charge is 0.492 e. The first-order valence-corrected chi connectivity index (χ1v) is 9.00. The van der Waals surface area contributed by atoms with Gasteiger partial charge in [-0.3, -0.25) is 0 Å². The second kappa shape index (κ2) is 7.88. The molecule has 23 heavy (non-hydrogen) atoms. The van der Waals surface area contributed by atoms with Gasteiger partial charge in [0.25, 0.3) is 0 Å². The number of halogens is 1. The molecule has 2 aromatic rings. The van der Waals surface area contributed by atoms with Crippen molar-refractivity contribution < 1.29 is 4.74 Å². The zero-order valence-electron chi connectivity index (χ0n) is 13.7. The average molecular weight is 328 g/mol. The molecule has 0 spiro atoms. The van der Waals surface area contributed by atoms with E-state index in [1.54, 1.807) is 0 Å². The van der Waals surface area contributed by atoms with Gasteiger partial charge in [-0.1, -0.05) is 48.9 Å². The molecule has 0 aromatic heterocycles. The van der Waals surface area contributed by atoms with Crippen LogP contribution in [0, 0.1) is 6.42 Å². The van der Waals surface area contributed by atoms with Crippen molar-refractivity contribution in [3.8, 4) is 16.9 Å². The Morgan fingerprint density at radius 2 is 1.70 bits per heavy atom. The summed E-state index contributed by atoms with van der Waals surface area (Å²) < 4.78 is 5.64. The zero-order valence-corrected chi connectivity index (χ0v) is 14.5. The van der Waals surface area contributed by atoms with Crippen molar-refractivity contribution >= 4 is 11.6 Å². The molecule has 1 saturated carbocycles. The van der Waals surface area contributed by atoms with E-state index in [9.17, 15) is 0 Å². The topological polar surface area (TPSA) is 9.23 Å². The fourth-order valence-corrected chi connectivity index (χ4v) is 3.45. The van der Waals surface area contributed by atoms with E-state index >= 15 is 0 Å². The van der Waals surface area contributed by atoms with Gasteiger partial charge in [-0.15, -0.1) is 0 Å². The normalized spacial score (nSPS) is 15.6. The highest BCUT2D eigenvalue weighted by atomic mass is 35.5. The number of ether oxygens (including phenoxy) is 1. The first-order chi connectivity index (χ1) is 11.3. The molecular weight excluding hydrogens is 304 g/mol. The first kappa shape index (κ1) is 16.4. The van der Waals surface area contributed by atoms with Crippen LogP contribution >= 0.6 is 11.6 Å². The van der Waals surface area contributed by atoms with Crippen LogP contribution in [0.4, 0.5) is 0 Å². The Bertz CT molecular complexity index is 627. The minimum Gasteiger partial charge on any atom is -0.492 e. The van der Waals surface area contributed by atoms with Crippen LogP contribution in [0.5, 0.6) is 5.75 Å². The summed E-state index contributed by atoms with van der Waals surface area (Å²) in [6.45, 7) is 2.79. The van der Waals surface area contributed by atoms with Crippen molar-refractivity contribution in [3.63, 3.8) is 0 Å². The van der Waals surface area contributed by atoms with E-state index in [1.165, 1.54) is 36.8 Å². The molecule has 0 saturated heterocycles. The van der Waals surface area contributed by atoms with Gasteiger partial charge in [0.1, 0.15) is 5.75 Å². The summed E-state index contributed by atoms with van der Waals surface area (Å²) >= 11 is 6.34. The standard InChI is InChI=1S/C21H24ClO/c1-2-14-23-21-13-12-19(15-20(21)22)18-10-8-17(9-11-18)16-6-4-3-5-7-16/h3,8-13,15-16H,2,4-7,14H2,1H3. The molecule has 1 aliphatic carbocycles.